The van der Waals surface area contributed by atoms with Gasteiger partial charge in [-0.1, -0.05) is 26.3 Å². The molecule has 1 aliphatic heterocycles. The number of aromatic nitrogens is 1. The second-order valence-electron chi connectivity index (χ2n) is 5.96. The molecule has 2 heterocycles. The summed E-state index contributed by atoms with van der Waals surface area (Å²) in [6.07, 6.45) is 3.14. The lowest BCUT2D eigenvalue weighted by atomic mass is 9.94. The van der Waals surface area contributed by atoms with Gasteiger partial charge < -0.3 is 5.32 Å². The number of pyridine rings is 1. The predicted octanol–water partition coefficient (Wildman–Crippen LogP) is 2.60. The van der Waals surface area contributed by atoms with Crippen LogP contribution < -0.4 is 5.32 Å². The second-order valence-corrected chi connectivity index (χ2v) is 5.96. The first-order chi connectivity index (χ1) is 9.11. The monoisotopic (exact) mass is 261 g/mol. The smallest absolute Gasteiger partial charge is 0.0573 e. The van der Waals surface area contributed by atoms with Crippen molar-refractivity contribution in [3.63, 3.8) is 0 Å². The highest BCUT2D eigenvalue weighted by Crippen LogP contribution is 2.20. The van der Waals surface area contributed by atoms with Gasteiger partial charge in [-0.15, -0.1) is 0 Å². The Labute approximate surface area is 117 Å². The summed E-state index contributed by atoms with van der Waals surface area (Å²) in [6.45, 7) is 12.3. The topological polar surface area (TPSA) is 28.2 Å². The Morgan fingerprint density at radius 1 is 1.53 bits per heavy atom. The van der Waals surface area contributed by atoms with Gasteiger partial charge in [-0.2, -0.15) is 0 Å². The van der Waals surface area contributed by atoms with Gasteiger partial charge in [0, 0.05) is 37.9 Å². The molecular weight excluding hydrogens is 234 g/mol. The summed E-state index contributed by atoms with van der Waals surface area (Å²) in [5.74, 6) is 0.726. The van der Waals surface area contributed by atoms with Gasteiger partial charge in [-0.3, -0.25) is 9.88 Å². The fraction of sp³-hybridized carbons (Fsp3) is 0.688. The van der Waals surface area contributed by atoms with Gasteiger partial charge in [0.1, 0.15) is 0 Å². The minimum absolute atomic E-state index is 0.573. The van der Waals surface area contributed by atoms with Crippen molar-refractivity contribution < 1.29 is 0 Å². The summed E-state index contributed by atoms with van der Waals surface area (Å²) in [4.78, 5) is 7.17. The molecule has 1 aliphatic rings. The molecule has 3 nitrogen and oxygen atoms in total. The van der Waals surface area contributed by atoms with E-state index in [9.17, 15) is 0 Å². The lowest BCUT2D eigenvalue weighted by molar-refractivity contribution is 0.0871. The molecule has 3 unspecified atom stereocenters. The van der Waals surface area contributed by atoms with Crippen LogP contribution in [0.5, 0.6) is 0 Å². The van der Waals surface area contributed by atoms with E-state index in [1.807, 2.05) is 12.3 Å². The average molecular weight is 261 g/mol. The van der Waals surface area contributed by atoms with Gasteiger partial charge in [0.15, 0.2) is 0 Å². The lowest BCUT2D eigenvalue weighted by Gasteiger charge is -2.42. The number of hydrogen-bond donors (Lipinski definition) is 1. The summed E-state index contributed by atoms with van der Waals surface area (Å²) in [7, 11) is 0. The summed E-state index contributed by atoms with van der Waals surface area (Å²) in [5, 5.41) is 3.62. The largest absolute Gasteiger partial charge is 0.311 e. The van der Waals surface area contributed by atoms with Crippen molar-refractivity contribution in [2.75, 3.05) is 13.1 Å². The van der Waals surface area contributed by atoms with Crippen LogP contribution in [0.15, 0.2) is 18.3 Å². The van der Waals surface area contributed by atoms with Crippen molar-refractivity contribution in [2.45, 2.75) is 52.7 Å². The molecule has 1 N–H and O–H groups in total. The van der Waals surface area contributed by atoms with Crippen LogP contribution in [0.25, 0.3) is 0 Å². The first-order valence-corrected chi connectivity index (χ1v) is 7.49. The molecule has 0 radical (unpaired) electrons. The Morgan fingerprint density at radius 3 is 3.00 bits per heavy atom. The zero-order chi connectivity index (χ0) is 13.8. The van der Waals surface area contributed by atoms with E-state index in [2.05, 4.69) is 49.0 Å². The van der Waals surface area contributed by atoms with Crippen molar-refractivity contribution in [2.24, 2.45) is 5.92 Å². The number of rotatable bonds is 4. The number of piperazine rings is 1. The number of nitrogens with one attached hydrogen (secondary N) is 1. The van der Waals surface area contributed by atoms with E-state index in [1.165, 1.54) is 17.7 Å². The summed E-state index contributed by atoms with van der Waals surface area (Å²) in [5.41, 5.74) is 2.53. The Hall–Kier alpha value is -0.930. The maximum atomic E-state index is 4.55. The van der Waals surface area contributed by atoms with Crippen molar-refractivity contribution in [3.8, 4) is 0 Å². The first-order valence-electron chi connectivity index (χ1n) is 7.49. The SMILES string of the molecule is CCC(C)C1CNC(C)CN1Cc1ncccc1C. The molecule has 1 aromatic heterocycles. The number of hydrogen-bond acceptors (Lipinski definition) is 3. The third-order valence-electron chi connectivity index (χ3n) is 4.42. The summed E-state index contributed by atoms with van der Waals surface area (Å²) >= 11 is 0. The molecule has 2 rings (SSSR count). The molecule has 106 valence electrons. The van der Waals surface area contributed by atoms with Gasteiger partial charge in [-0.05, 0) is 31.4 Å². The highest BCUT2D eigenvalue weighted by atomic mass is 15.2. The van der Waals surface area contributed by atoms with Crippen LogP contribution >= 0.6 is 0 Å². The molecule has 19 heavy (non-hydrogen) atoms. The van der Waals surface area contributed by atoms with E-state index in [4.69, 9.17) is 0 Å². The van der Waals surface area contributed by atoms with Crippen molar-refractivity contribution >= 4 is 0 Å². The van der Waals surface area contributed by atoms with Gasteiger partial charge in [0.05, 0.1) is 5.69 Å². The molecule has 0 amide bonds. The van der Waals surface area contributed by atoms with Crippen LogP contribution in [-0.4, -0.2) is 35.1 Å². The molecule has 0 spiro atoms. The Bertz CT molecular complexity index is 405. The van der Waals surface area contributed by atoms with Crippen LogP contribution in [0.3, 0.4) is 0 Å². The molecular formula is C16H27N3. The highest BCUT2D eigenvalue weighted by molar-refractivity contribution is 5.17. The van der Waals surface area contributed by atoms with Crippen LogP contribution in [0, 0.1) is 12.8 Å². The third kappa shape index (κ3) is 3.54. The van der Waals surface area contributed by atoms with Gasteiger partial charge in [0.2, 0.25) is 0 Å². The number of nitrogens with zero attached hydrogens (tertiary/aromatic N) is 2. The quantitative estimate of drug-likeness (QED) is 0.903. The van der Waals surface area contributed by atoms with Crippen molar-refractivity contribution in [1.29, 1.82) is 0 Å². The average Bonchev–Trinajstić information content (AvgIpc) is 2.41. The standard InChI is InChI=1S/C16H27N3/c1-5-12(2)16-9-18-14(4)10-19(16)11-15-13(3)7-6-8-17-15/h6-8,12,14,16,18H,5,9-11H2,1-4H3. The van der Waals surface area contributed by atoms with Gasteiger partial charge in [0.25, 0.3) is 0 Å². The van der Waals surface area contributed by atoms with Crippen LogP contribution in [-0.2, 0) is 6.54 Å². The highest BCUT2D eigenvalue weighted by Gasteiger charge is 2.29. The first kappa shape index (κ1) is 14.5. The Morgan fingerprint density at radius 2 is 2.32 bits per heavy atom. The van der Waals surface area contributed by atoms with E-state index in [0.717, 1.165) is 25.6 Å². The molecule has 3 atom stereocenters. The normalized spacial score (nSPS) is 26.3. The van der Waals surface area contributed by atoms with Crippen LogP contribution in [0.4, 0.5) is 0 Å². The Balaban J connectivity index is 2.12. The van der Waals surface area contributed by atoms with Crippen molar-refractivity contribution in [3.05, 3.63) is 29.6 Å². The fourth-order valence-electron chi connectivity index (χ4n) is 2.89. The van der Waals surface area contributed by atoms with Crippen LogP contribution in [0.2, 0.25) is 0 Å². The number of aryl methyl sites for hydroxylation is 1. The minimum Gasteiger partial charge on any atom is -0.311 e. The third-order valence-corrected chi connectivity index (χ3v) is 4.42. The molecule has 3 heteroatoms. The molecule has 1 aromatic rings. The fourth-order valence-corrected chi connectivity index (χ4v) is 2.89. The Kier molecular flexibility index (Phi) is 4.94. The summed E-state index contributed by atoms with van der Waals surface area (Å²) in [6, 6.07) is 5.38. The van der Waals surface area contributed by atoms with E-state index < -0.39 is 0 Å². The maximum absolute atomic E-state index is 4.55. The molecule has 1 fully saturated rings. The second kappa shape index (κ2) is 6.49. The predicted molar refractivity (Wildman–Crippen MR) is 80.1 cm³/mol. The summed E-state index contributed by atoms with van der Waals surface area (Å²) < 4.78 is 0. The molecule has 0 aromatic carbocycles. The van der Waals surface area contributed by atoms with E-state index in [-0.39, 0.29) is 0 Å². The van der Waals surface area contributed by atoms with E-state index in [0.29, 0.717) is 12.1 Å². The minimum atomic E-state index is 0.573. The van der Waals surface area contributed by atoms with Crippen LogP contribution in [0.1, 0.15) is 38.4 Å². The van der Waals surface area contributed by atoms with Gasteiger partial charge in [-0.25, -0.2) is 0 Å². The van der Waals surface area contributed by atoms with Gasteiger partial charge >= 0.3 is 0 Å². The van der Waals surface area contributed by atoms with E-state index >= 15 is 0 Å². The molecule has 0 bridgehead atoms. The molecule has 0 saturated carbocycles. The van der Waals surface area contributed by atoms with Crippen molar-refractivity contribution in [1.82, 2.24) is 15.2 Å². The molecule has 1 saturated heterocycles. The van der Waals surface area contributed by atoms with E-state index in [1.54, 1.807) is 0 Å². The lowest BCUT2D eigenvalue weighted by Crippen LogP contribution is -2.57. The zero-order valence-corrected chi connectivity index (χ0v) is 12.7. The zero-order valence-electron chi connectivity index (χ0n) is 12.7. The maximum Gasteiger partial charge on any atom is 0.0573 e. The molecule has 0 aliphatic carbocycles.